The third-order valence-electron chi connectivity index (χ3n) is 4.03. The van der Waals surface area contributed by atoms with Gasteiger partial charge in [0.05, 0.1) is 15.5 Å². The molecule has 0 radical (unpaired) electrons. The molecule has 0 N–H and O–H groups in total. The van der Waals surface area contributed by atoms with Crippen molar-refractivity contribution in [1.29, 1.82) is 0 Å². The Morgan fingerprint density at radius 1 is 1.17 bits per heavy atom. The van der Waals surface area contributed by atoms with Crippen LogP contribution in [0.25, 0.3) is 0 Å². The van der Waals surface area contributed by atoms with Crippen LogP contribution in [0.15, 0.2) is 18.2 Å². The standard InChI is InChI=1S/C15H18Cl2O/c1-2-14(18)15(8-4-3-5-9-15)11-6-7-12(16)13(17)10-11/h6-7,10H,2-5,8-9H2,1H3. The Morgan fingerprint density at radius 3 is 2.39 bits per heavy atom. The Hall–Kier alpha value is -0.530. The highest BCUT2D eigenvalue weighted by Gasteiger charge is 2.39. The van der Waals surface area contributed by atoms with Crippen molar-refractivity contribution in [2.75, 3.05) is 0 Å². The summed E-state index contributed by atoms with van der Waals surface area (Å²) in [6.07, 6.45) is 5.92. The first-order valence-corrected chi connectivity index (χ1v) is 7.34. The largest absolute Gasteiger partial charge is 0.299 e. The average Bonchev–Trinajstić information content (AvgIpc) is 2.41. The molecule has 18 heavy (non-hydrogen) atoms. The van der Waals surface area contributed by atoms with Crippen molar-refractivity contribution >= 4 is 29.0 Å². The van der Waals surface area contributed by atoms with E-state index in [1.165, 1.54) is 6.42 Å². The summed E-state index contributed by atoms with van der Waals surface area (Å²) in [6.45, 7) is 1.94. The van der Waals surface area contributed by atoms with Gasteiger partial charge in [0.1, 0.15) is 5.78 Å². The minimum atomic E-state index is -0.318. The van der Waals surface area contributed by atoms with Gasteiger partial charge in [0.2, 0.25) is 0 Å². The second kappa shape index (κ2) is 5.63. The first-order valence-electron chi connectivity index (χ1n) is 6.59. The van der Waals surface area contributed by atoms with Crippen LogP contribution in [0.2, 0.25) is 10.0 Å². The third-order valence-corrected chi connectivity index (χ3v) is 4.77. The summed E-state index contributed by atoms with van der Waals surface area (Å²) in [6, 6.07) is 5.65. The second-order valence-electron chi connectivity index (χ2n) is 5.05. The molecule has 1 aromatic rings. The SMILES string of the molecule is CCC(=O)C1(c2ccc(Cl)c(Cl)c2)CCCCC1. The number of Topliss-reactive ketones (excluding diaryl/α,β-unsaturated/α-hetero) is 1. The van der Waals surface area contributed by atoms with E-state index < -0.39 is 0 Å². The number of hydrogen-bond acceptors (Lipinski definition) is 1. The van der Waals surface area contributed by atoms with Gasteiger partial charge in [0, 0.05) is 6.42 Å². The summed E-state index contributed by atoms with van der Waals surface area (Å²) in [5.41, 5.74) is 0.727. The van der Waals surface area contributed by atoms with Gasteiger partial charge >= 0.3 is 0 Å². The van der Waals surface area contributed by atoms with Crippen molar-refractivity contribution in [3.05, 3.63) is 33.8 Å². The Balaban J connectivity index is 2.45. The maximum Gasteiger partial charge on any atom is 0.143 e. The predicted molar refractivity (Wildman–Crippen MR) is 76.5 cm³/mol. The lowest BCUT2D eigenvalue weighted by Crippen LogP contribution is -2.37. The molecule has 0 atom stereocenters. The van der Waals surface area contributed by atoms with Crippen LogP contribution >= 0.6 is 23.2 Å². The zero-order chi connectivity index (χ0) is 13.2. The third kappa shape index (κ3) is 2.44. The lowest BCUT2D eigenvalue weighted by atomic mass is 9.66. The van der Waals surface area contributed by atoms with Crippen LogP contribution in [0, 0.1) is 0 Å². The monoisotopic (exact) mass is 284 g/mol. The fourth-order valence-corrected chi connectivity index (χ4v) is 3.31. The summed E-state index contributed by atoms with van der Waals surface area (Å²) in [5.74, 6) is 0.334. The molecule has 1 aliphatic carbocycles. The molecule has 0 bridgehead atoms. The molecule has 0 aromatic heterocycles. The van der Waals surface area contributed by atoms with Gasteiger partial charge in [-0.1, -0.05) is 55.5 Å². The van der Waals surface area contributed by atoms with Gasteiger partial charge in [0.25, 0.3) is 0 Å². The van der Waals surface area contributed by atoms with Crippen LogP contribution in [0.1, 0.15) is 51.0 Å². The molecule has 1 aliphatic rings. The number of ketones is 1. The molecule has 0 saturated heterocycles. The van der Waals surface area contributed by atoms with E-state index in [-0.39, 0.29) is 5.41 Å². The molecule has 2 rings (SSSR count). The van der Waals surface area contributed by atoms with Crippen molar-refractivity contribution < 1.29 is 4.79 Å². The molecule has 0 amide bonds. The number of halogens is 2. The van der Waals surface area contributed by atoms with Crippen LogP contribution in [0.3, 0.4) is 0 Å². The van der Waals surface area contributed by atoms with Gasteiger partial charge in [-0.25, -0.2) is 0 Å². The summed E-state index contributed by atoms with van der Waals surface area (Å²) in [5, 5.41) is 1.10. The summed E-state index contributed by atoms with van der Waals surface area (Å²) in [4.78, 5) is 12.4. The molecule has 1 fully saturated rings. The summed E-state index contributed by atoms with van der Waals surface area (Å²) >= 11 is 12.1. The maximum atomic E-state index is 12.4. The van der Waals surface area contributed by atoms with Crippen molar-refractivity contribution in [2.45, 2.75) is 50.9 Å². The zero-order valence-electron chi connectivity index (χ0n) is 10.6. The van der Waals surface area contributed by atoms with E-state index >= 15 is 0 Å². The number of carbonyl (C=O) groups excluding carboxylic acids is 1. The molecule has 0 heterocycles. The molecule has 98 valence electrons. The van der Waals surface area contributed by atoms with Crippen LogP contribution in [0.4, 0.5) is 0 Å². The van der Waals surface area contributed by atoms with Gasteiger partial charge in [-0.2, -0.15) is 0 Å². The fourth-order valence-electron chi connectivity index (χ4n) is 3.02. The van der Waals surface area contributed by atoms with Gasteiger partial charge < -0.3 is 0 Å². The van der Waals surface area contributed by atoms with E-state index in [1.807, 2.05) is 19.1 Å². The van der Waals surface area contributed by atoms with Crippen molar-refractivity contribution in [2.24, 2.45) is 0 Å². The Morgan fingerprint density at radius 2 is 1.83 bits per heavy atom. The van der Waals surface area contributed by atoms with Gasteiger partial charge in [-0.3, -0.25) is 4.79 Å². The Bertz CT molecular complexity index is 448. The van der Waals surface area contributed by atoms with Gasteiger partial charge in [-0.15, -0.1) is 0 Å². The molecular formula is C15H18Cl2O. The normalized spacial score (nSPS) is 18.6. The second-order valence-corrected chi connectivity index (χ2v) is 5.86. The van der Waals surface area contributed by atoms with E-state index in [9.17, 15) is 4.79 Å². The highest BCUT2D eigenvalue weighted by molar-refractivity contribution is 6.42. The lowest BCUT2D eigenvalue weighted by Gasteiger charge is -2.36. The molecule has 0 spiro atoms. The fraction of sp³-hybridized carbons (Fsp3) is 0.533. The minimum Gasteiger partial charge on any atom is -0.299 e. The molecule has 1 saturated carbocycles. The smallest absolute Gasteiger partial charge is 0.143 e. The van der Waals surface area contributed by atoms with E-state index in [2.05, 4.69) is 0 Å². The van der Waals surface area contributed by atoms with E-state index in [1.54, 1.807) is 6.07 Å². The first kappa shape index (κ1) is 13.9. The Labute approximate surface area is 118 Å². The van der Waals surface area contributed by atoms with Crippen LogP contribution in [0.5, 0.6) is 0 Å². The van der Waals surface area contributed by atoms with E-state index in [0.717, 1.165) is 31.2 Å². The number of hydrogen-bond donors (Lipinski definition) is 0. The Kier molecular flexibility index (Phi) is 4.34. The highest BCUT2D eigenvalue weighted by atomic mass is 35.5. The van der Waals surface area contributed by atoms with Crippen LogP contribution in [-0.2, 0) is 10.2 Å². The molecular weight excluding hydrogens is 267 g/mol. The van der Waals surface area contributed by atoms with Crippen molar-refractivity contribution in [1.82, 2.24) is 0 Å². The van der Waals surface area contributed by atoms with Crippen LogP contribution < -0.4 is 0 Å². The summed E-state index contributed by atoms with van der Waals surface area (Å²) in [7, 11) is 0. The molecule has 1 nitrogen and oxygen atoms in total. The minimum absolute atomic E-state index is 0.318. The predicted octanol–water partition coefficient (Wildman–Crippen LogP) is 5.17. The van der Waals surface area contributed by atoms with E-state index in [0.29, 0.717) is 22.2 Å². The number of benzene rings is 1. The van der Waals surface area contributed by atoms with Crippen molar-refractivity contribution in [3.63, 3.8) is 0 Å². The summed E-state index contributed by atoms with van der Waals surface area (Å²) < 4.78 is 0. The topological polar surface area (TPSA) is 17.1 Å². The molecule has 1 aromatic carbocycles. The molecule has 3 heteroatoms. The zero-order valence-corrected chi connectivity index (χ0v) is 12.2. The first-order chi connectivity index (χ1) is 8.60. The van der Waals surface area contributed by atoms with Gasteiger partial charge in [-0.05, 0) is 30.5 Å². The van der Waals surface area contributed by atoms with Crippen molar-refractivity contribution in [3.8, 4) is 0 Å². The number of carbonyl (C=O) groups is 1. The lowest BCUT2D eigenvalue weighted by molar-refractivity contribution is -0.125. The molecule has 0 aliphatic heterocycles. The van der Waals surface area contributed by atoms with Crippen LogP contribution in [-0.4, -0.2) is 5.78 Å². The number of rotatable bonds is 3. The average molecular weight is 285 g/mol. The van der Waals surface area contributed by atoms with Gasteiger partial charge in [0.15, 0.2) is 0 Å². The highest BCUT2D eigenvalue weighted by Crippen LogP contribution is 2.42. The maximum absolute atomic E-state index is 12.4. The quantitative estimate of drug-likeness (QED) is 0.748. The van der Waals surface area contributed by atoms with E-state index in [4.69, 9.17) is 23.2 Å². The molecule has 0 unspecified atom stereocenters.